The first-order valence-electron chi connectivity index (χ1n) is 7.16. The Hall–Kier alpha value is -1.51. The Morgan fingerprint density at radius 2 is 1.77 bits per heavy atom. The fraction of sp³-hybridized carbons (Fsp3) is 0.278. The molecule has 0 spiro atoms. The minimum atomic E-state index is -1.02. The van der Waals surface area contributed by atoms with Crippen LogP contribution in [0.3, 0.4) is 0 Å². The lowest BCUT2D eigenvalue weighted by molar-refractivity contribution is -0.124. The van der Waals surface area contributed by atoms with E-state index in [1.165, 1.54) is 0 Å². The number of ether oxygens (including phenoxy) is 1. The quantitative estimate of drug-likeness (QED) is 0.674. The molecule has 0 N–H and O–H groups in total. The van der Waals surface area contributed by atoms with Crippen LogP contribution in [0.2, 0.25) is 5.02 Å². The van der Waals surface area contributed by atoms with E-state index in [1.807, 2.05) is 55.5 Å². The highest BCUT2D eigenvalue weighted by molar-refractivity contribution is 6.65. The van der Waals surface area contributed by atoms with Crippen LogP contribution < -0.4 is 4.74 Å². The monoisotopic (exact) mass is 336 g/mol. The van der Waals surface area contributed by atoms with Gasteiger partial charge in [-0.2, -0.15) is 0 Å². The van der Waals surface area contributed by atoms with Crippen LogP contribution in [-0.2, 0) is 11.2 Å². The van der Waals surface area contributed by atoms with Crippen molar-refractivity contribution in [1.82, 2.24) is 0 Å². The van der Waals surface area contributed by atoms with Gasteiger partial charge in [0.15, 0.2) is 5.60 Å². The molecule has 0 radical (unpaired) electrons. The largest absolute Gasteiger partial charge is 0.478 e. The standard InChI is InChI=1S/C18H18Cl2O2/c1-3-18(2,17(20)21)22-16-7-5-4-6-14(16)12-13-8-10-15(19)11-9-13/h4-11H,3,12H2,1-2H3. The van der Waals surface area contributed by atoms with Gasteiger partial charge in [0.2, 0.25) is 0 Å². The van der Waals surface area contributed by atoms with Crippen LogP contribution in [0, 0.1) is 0 Å². The van der Waals surface area contributed by atoms with Crippen molar-refractivity contribution in [1.29, 1.82) is 0 Å². The summed E-state index contributed by atoms with van der Waals surface area (Å²) in [5.41, 5.74) is 1.11. The number of hydrogen-bond acceptors (Lipinski definition) is 2. The van der Waals surface area contributed by atoms with Crippen LogP contribution in [0.15, 0.2) is 48.5 Å². The molecule has 2 aromatic carbocycles. The van der Waals surface area contributed by atoms with Gasteiger partial charge in [0.25, 0.3) is 5.24 Å². The maximum atomic E-state index is 11.6. The fourth-order valence-electron chi connectivity index (χ4n) is 2.07. The minimum absolute atomic E-state index is 0.490. The third kappa shape index (κ3) is 4.02. The molecular weight excluding hydrogens is 319 g/mol. The lowest BCUT2D eigenvalue weighted by atomic mass is 10.0. The number of carbonyl (C=O) groups is 1. The summed E-state index contributed by atoms with van der Waals surface area (Å²) in [6.45, 7) is 3.59. The van der Waals surface area contributed by atoms with Crippen LogP contribution >= 0.6 is 23.2 Å². The van der Waals surface area contributed by atoms with Gasteiger partial charge in [-0.1, -0.05) is 48.9 Å². The van der Waals surface area contributed by atoms with E-state index in [0.29, 0.717) is 23.6 Å². The third-order valence-electron chi connectivity index (χ3n) is 3.71. The summed E-state index contributed by atoms with van der Waals surface area (Å²) in [6.07, 6.45) is 1.20. The number of halogens is 2. The highest BCUT2D eigenvalue weighted by atomic mass is 35.5. The highest BCUT2D eigenvalue weighted by Crippen LogP contribution is 2.28. The van der Waals surface area contributed by atoms with Gasteiger partial charge >= 0.3 is 0 Å². The number of carbonyl (C=O) groups excluding carboxylic acids is 1. The minimum Gasteiger partial charge on any atom is -0.478 e. The number of para-hydroxylation sites is 1. The van der Waals surface area contributed by atoms with Gasteiger partial charge in [-0.15, -0.1) is 0 Å². The Bertz CT molecular complexity index is 652. The SMILES string of the molecule is CCC(C)(Oc1ccccc1Cc1ccc(Cl)cc1)C(=O)Cl. The summed E-state index contributed by atoms with van der Waals surface area (Å²) >= 11 is 11.6. The van der Waals surface area contributed by atoms with Crippen LogP contribution in [0.5, 0.6) is 5.75 Å². The molecular formula is C18H18Cl2O2. The average molecular weight is 337 g/mol. The molecule has 0 heterocycles. The molecule has 0 saturated carbocycles. The average Bonchev–Trinajstić information content (AvgIpc) is 2.51. The molecule has 2 rings (SSSR count). The molecule has 0 saturated heterocycles. The topological polar surface area (TPSA) is 26.3 Å². The van der Waals surface area contributed by atoms with E-state index in [0.717, 1.165) is 11.1 Å². The van der Waals surface area contributed by atoms with Crippen molar-refractivity contribution in [2.24, 2.45) is 0 Å². The van der Waals surface area contributed by atoms with E-state index in [9.17, 15) is 4.79 Å². The zero-order chi connectivity index (χ0) is 16.2. The van der Waals surface area contributed by atoms with Crippen molar-refractivity contribution in [3.05, 3.63) is 64.7 Å². The van der Waals surface area contributed by atoms with Gasteiger partial charge in [0.1, 0.15) is 5.75 Å². The first kappa shape index (κ1) is 16.9. The number of benzene rings is 2. The molecule has 0 aliphatic carbocycles. The molecule has 0 aliphatic heterocycles. The predicted molar refractivity (Wildman–Crippen MR) is 90.9 cm³/mol. The second-order valence-corrected chi connectivity index (χ2v) is 6.15. The summed E-state index contributed by atoms with van der Waals surface area (Å²) in [7, 11) is 0. The van der Waals surface area contributed by atoms with Crippen LogP contribution in [-0.4, -0.2) is 10.8 Å². The van der Waals surface area contributed by atoms with E-state index < -0.39 is 10.8 Å². The van der Waals surface area contributed by atoms with Crippen molar-refractivity contribution in [3.63, 3.8) is 0 Å². The molecule has 116 valence electrons. The van der Waals surface area contributed by atoms with Crippen LogP contribution in [0.25, 0.3) is 0 Å². The first-order chi connectivity index (χ1) is 10.4. The Balaban J connectivity index is 2.27. The third-order valence-corrected chi connectivity index (χ3v) is 4.36. The second-order valence-electron chi connectivity index (χ2n) is 5.37. The summed E-state index contributed by atoms with van der Waals surface area (Å²) in [6, 6.07) is 15.4. The van der Waals surface area contributed by atoms with Crippen molar-refractivity contribution in [3.8, 4) is 5.75 Å². The Kier molecular flexibility index (Phi) is 5.49. The first-order valence-corrected chi connectivity index (χ1v) is 7.91. The summed E-state index contributed by atoms with van der Waals surface area (Å²) in [5.74, 6) is 0.677. The van der Waals surface area contributed by atoms with Gasteiger partial charge in [0.05, 0.1) is 0 Å². The second kappa shape index (κ2) is 7.17. The molecule has 22 heavy (non-hydrogen) atoms. The Morgan fingerprint density at radius 3 is 2.36 bits per heavy atom. The highest BCUT2D eigenvalue weighted by Gasteiger charge is 2.32. The van der Waals surface area contributed by atoms with E-state index in [2.05, 4.69) is 0 Å². The summed E-state index contributed by atoms with van der Waals surface area (Å²) < 4.78 is 5.93. The number of hydrogen-bond donors (Lipinski definition) is 0. The summed E-state index contributed by atoms with van der Waals surface area (Å²) in [5, 5.41) is 0.218. The fourth-order valence-corrected chi connectivity index (χ4v) is 2.36. The normalized spacial score (nSPS) is 13.5. The molecule has 0 aliphatic rings. The maximum Gasteiger partial charge on any atom is 0.265 e. The van der Waals surface area contributed by atoms with Crippen LogP contribution in [0.1, 0.15) is 31.4 Å². The van der Waals surface area contributed by atoms with E-state index >= 15 is 0 Å². The molecule has 2 nitrogen and oxygen atoms in total. The van der Waals surface area contributed by atoms with E-state index in [4.69, 9.17) is 27.9 Å². The molecule has 4 heteroatoms. The van der Waals surface area contributed by atoms with Gasteiger partial charge < -0.3 is 4.74 Å². The number of rotatable bonds is 6. The van der Waals surface area contributed by atoms with E-state index in [1.54, 1.807) is 6.92 Å². The van der Waals surface area contributed by atoms with Gasteiger partial charge in [0, 0.05) is 11.4 Å². The maximum absolute atomic E-state index is 11.6. The molecule has 1 unspecified atom stereocenters. The van der Waals surface area contributed by atoms with Crippen molar-refractivity contribution >= 4 is 28.4 Å². The van der Waals surface area contributed by atoms with E-state index in [-0.39, 0.29) is 0 Å². The molecule has 0 fully saturated rings. The Morgan fingerprint density at radius 1 is 1.14 bits per heavy atom. The summed E-state index contributed by atoms with van der Waals surface area (Å²) in [4.78, 5) is 11.6. The van der Waals surface area contributed by atoms with Crippen molar-refractivity contribution in [2.45, 2.75) is 32.3 Å². The smallest absolute Gasteiger partial charge is 0.265 e. The van der Waals surface area contributed by atoms with Gasteiger partial charge in [-0.05, 0) is 54.3 Å². The molecule has 0 aromatic heterocycles. The zero-order valence-corrected chi connectivity index (χ0v) is 14.1. The molecule has 2 aromatic rings. The molecule has 0 amide bonds. The lowest BCUT2D eigenvalue weighted by Crippen LogP contribution is -2.38. The molecule has 1 atom stereocenters. The van der Waals surface area contributed by atoms with Crippen molar-refractivity contribution in [2.75, 3.05) is 0 Å². The predicted octanol–water partition coefficient (Wildman–Crippen LogP) is 5.24. The van der Waals surface area contributed by atoms with Gasteiger partial charge in [-0.25, -0.2) is 0 Å². The Labute approximate surface area is 141 Å². The lowest BCUT2D eigenvalue weighted by Gasteiger charge is -2.26. The van der Waals surface area contributed by atoms with Crippen LogP contribution in [0.4, 0.5) is 0 Å². The zero-order valence-electron chi connectivity index (χ0n) is 12.6. The van der Waals surface area contributed by atoms with Gasteiger partial charge in [-0.3, -0.25) is 4.79 Å². The van der Waals surface area contributed by atoms with Crippen molar-refractivity contribution < 1.29 is 9.53 Å². The molecule has 0 bridgehead atoms.